The van der Waals surface area contributed by atoms with E-state index in [1.807, 2.05) is 57.2 Å². The van der Waals surface area contributed by atoms with Crippen LogP contribution in [0.25, 0.3) is 6.08 Å². The molecule has 2 heterocycles. The van der Waals surface area contributed by atoms with Crippen LogP contribution in [0.5, 0.6) is 0 Å². The molecule has 2 aromatic rings. The van der Waals surface area contributed by atoms with Gasteiger partial charge in [0.05, 0.1) is 12.6 Å². The Kier molecular flexibility index (Phi) is 6.93. The summed E-state index contributed by atoms with van der Waals surface area (Å²) < 4.78 is 12.5. The fraction of sp³-hybridized carbons (Fsp3) is 0.375. The number of nitriles is 1. The molecule has 0 fully saturated rings. The Morgan fingerprint density at radius 1 is 1.29 bits per heavy atom. The third-order valence-electron chi connectivity index (χ3n) is 5.53. The standard InChI is InChI=1S/C24H27N3O4/c1-16-11-20(18(3)27(16)17(2)14-30-4)12-21(13-25)24(29)31-15-23(28)26-10-9-19-7-5-6-8-22(19)26/h5-8,11-12,17H,9-10,14-15H2,1-4H3/b21-12+/t17-/m0/s1. The molecule has 1 amide bonds. The third-order valence-corrected chi connectivity index (χ3v) is 5.53. The number of hydrogen-bond acceptors (Lipinski definition) is 5. The van der Waals surface area contributed by atoms with Crippen molar-refractivity contribution >= 4 is 23.6 Å². The van der Waals surface area contributed by atoms with Crippen molar-refractivity contribution in [3.8, 4) is 6.07 Å². The van der Waals surface area contributed by atoms with Gasteiger partial charge < -0.3 is 18.9 Å². The van der Waals surface area contributed by atoms with Crippen LogP contribution < -0.4 is 4.90 Å². The van der Waals surface area contributed by atoms with Crippen molar-refractivity contribution in [2.24, 2.45) is 0 Å². The first-order chi connectivity index (χ1) is 14.9. The number of aromatic nitrogens is 1. The van der Waals surface area contributed by atoms with Crippen LogP contribution in [-0.4, -0.2) is 43.3 Å². The third kappa shape index (κ3) is 4.70. The first-order valence-electron chi connectivity index (χ1n) is 10.2. The van der Waals surface area contributed by atoms with Crippen molar-refractivity contribution in [2.75, 3.05) is 31.8 Å². The lowest BCUT2D eigenvalue weighted by Crippen LogP contribution is -2.33. The summed E-state index contributed by atoms with van der Waals surface area (Å²) in [5, 5.41) is 9.48. The lowest BCUT2D eigenvalue weighted by atomic mass is 10.1. The number of methoxy groups -OCH3 is 1. The average Bonchev–Trinajstić information content (AvgIpc) is 3.30. The number of rotatable bonds is 7. The van der Waals surface area contributed by atoms with E-state index in [2.05, 4.69) is 4.57 Å². The van der Waals surface area contributed by atoms with Crippen molar-refractivity contribution in [1.29, 1.82) is 5.26 Å². The summed E-state index contributed by atoms with van der Waals surface area (Å²) in [5.41, 5.74) is 4.48. The van der Waals surface area contributed by atoms with E-state index in [4.69, 9.17) is 9.47 Å². The van der Waals surface area contributed by atoms with E-state index in [1.54, 1.807) is 12.0 Å². The number of carbonyl (C=O) groups is 2. The Bertz CT molecular complexity index is 1060. The van der Waals surface area contributed by atoms with Crippen LogP contribution in [0.1, 0.15) is 35.5 Å². The number of amides is 1. The zero-order valence-corrected chi connectivity index (χ0v) is 18.3. The molecule has 0 aliphatic carbocycles. The largest absolute Gasteiger partial charge is 0.451 e. The van der Waals surface area contributed by atoms with Gasteiger partial charge in [-0.25, -0.2) is 4.79 Å². The predicted octanol–water partition coefficient (Wildman–Crippen LogP) is 3.35. The molecule has 1 aliphatic rings. The maximum atomic E-state index is 12.6. The molecule has 0 bridgehead atoms. The first kappa shape index (κ1) is 22.3. The van der Waals surface area contributed by atoms with E-state index in [1.165, 1.54) is 6.08 Å². The zero-order chi connectivity index (χ0) is 22.5. The van der Waals surface area contributed by atoms with Crippen molar-refractivity contribution in [3.63, 3.8) is 0 Å². The summed E-state index contributed by atoms with van der Waals surface area (Å²) in [5.74, 6) is -1.11. The SMILES string of the molecule is COC[C@H](C)n1c(C)cc(/C=C(\C#N)C(=O)OCC(=O)N2CCc3ccccc32)c1C. The van der Waals surface area contributed by atoms with E-state index in [0.29, 0.717) is 13.2 Å². The maximum absolute atomic E-state index is 12.6. The van der Waals surface area contributed by atoms with Gasteiger partial charge in [-0.3, -0.25) is 4.79 Å². The van der Waals surface area contributed by atoms with Crippen LogP contribution in [0, 0.1) is 25.2 Å². The second-order valence-electron chi connectivity index (χ2n) is 7.67. The number of anilines is 1. The van der Waals surface area contributed by atoms with Crippen LogP contribution >= 0.6 is 0 Å². The van der Waals surface area contributed by atoms with Crippen molar-refractivity contribution in [2.45, 2.75) is 33.2 Å². The van der Waals surface area contributed by atoms with Crippen LogP contribution in [0.15, 0.2) is 35.9 Å². The minimum absolute atomic E-state index is 0.116. The predicted molar refractivity (Wildman–Crippen MR) is 118 cm³/mol. The molecular weight excluding hydrogens is 394 g/mol. The number of aryl methyl sites for hydroxylation is 1. The molecule has 31 heavy (non-hydrogen) atoms. The van der Waals surface area contributed by atoms with Crippen LogP contribution in [-0.2, 0) is 25.5 Å². The molecule has 7 heteroatoms. The lowest BCUT2D eigenvalue weighted by Gasteiger charge is -2.17. The molecule has 0 spiro atoms. The second-order valence-corrected chi connectivity index (χ2v) is 7.67. The van der Waals surface area contributed by atoms with Gasteiger partial charge >= 0.3 is 5.97 Å². The van der Waals surface area contributed by atoms with E-state index in [0.717, 1.165) is 34.6 Å². The quantitative estimate of drug-likeness (QED) is 0.389. The zero-order valence-electron chi connectivity index (χ0n) is 18.3. The van der Waals surface area contributed by atoms with Crippen LogP contribution in [0.3, 0.4) is 0 Å². The normalized spacial score (nSPS) is 14.2. The molecule has 0 unspecified atom stereocenters. The molecule has 0 N–H and O–H groups in total. The van der Waals surface area contributed by atoms with Gasteiger partial charge in [0.25, 0.3) is 5.91 Å². The molecule has 1 atom stereocenters. The molecule has 0 saturated heterocycles. The Morgan fingerprint density at radius 2 is 2.03 bits per heavy atom. The smallest absolute Gasteiger partial charge is 0.349 e. The van der Waals surface area contributed by atoms with Gasteiger partial charge in [0.1, 0.15) is 11.6 Å². The highest BCUT2D eigenvalue weighted by atomic mass is 16.5. The number of nitrogens with zero attached hydrogens (tertiary/aromatic N) is 3. The van der Waals surface area contributed by atoms with E-state index in [9.17, 15) is 14.9 Å². The van der Waals surface area contributed by atoms with Crippen molar-refractivity contribution in [3.05, 3.63) is 58.4 Å². The Hall–Kier alpha value is -3.37. The van der Waals surface area contributed by atoms with Gasteiger partial charge in [-0.05, 0) is 56.5 Å². The van der Waals surface area contributed by atoms with Crippen molar-refractivity contribution in [1.82, 2.24) is 4.57 Å². The molecule has 162 valence electrons. The Labute approximate surface area is 182 Å². The van der Waals surface area contributed by atoms with Crippen LogP contribution in [0.4, 0.5) is 5.69 Å². The fourth-order valence-corrected chi connectivity index (χ4v) is 4.12. The Morgan fingerprint density at radius 3 is 2.74 bits per heavy atom. The van der Waals surface area contributed by atoms with Gasteiger partial charge in [-0.15, -0.1) is 0 Å². The van der Waals surface area contributed by atoms with Gasteiger partial charge in [0, 0.05) is 30.7 Å². The second kappa shape index (κ2) is 9.63. The van der Waals surface area contributed by atoms with E-state index in [-0.39, 0.29) is 17.5 Å². The summed E-state index contributed by atoms with van der Waals surface area (Å²) in [6.45, 7) is 6.64. The molecule has 0 radical (unpaired) electrons. The molecule has 0 saturated carbocycles. The summed E-state index contributed by atoms with van der Waals surface area (Å²) >= 11 is 0. The number of para-hydroxylation sites is 1. The van der Waals surface area contributed by atoms with E-state index < -0.39 is 12.6 Å². The first-order valence-corrected chi connectivity index (χ1v) is 10.2. The summed E-state index contributed by atoms with van der Waals surface area (Å²) in [7, 11) is 1.65. The highest BCUT2D eigenvalue weighted by molar-refractivity contribution is 6.01. The average molecular weight is 421 g/mol. The fourth-order valence-electron chi connectivity index (χ4n) is 4.12. The topological polar surface area (TPSA) is 84.6 Å². The molecule has 1 aliphatic heterocycles. The maximum Gasteiger partial charge on any atom is 0.349 e. The molecular formula is C24H27N3O4. The highest BCUT2D eigenvalue weighted by Gasteiger charge is 2.25. The number of benzene rings is 1. The van der Waals surface area contributed by atoms with Gasteiger partial charge in [0.2, 0.25) is 0 Å². The summed E-state index contributed by atoms with van der Waals surface area (Å²) in [6, 6.07) is 11.6. The molecule has 1 aromatic heterocycles. The van der Waals surface area contributed by atoms with Gasteiger partial charge in [0.15, 0.2) is 6.61 Å². The summed E-state index contributed by atoms with van der Waals surface area (Å²) in [6.07, 6.45) is 2.28. The number of fused-ring (bicyclic) bond motifs is 1. The number of hydrogen-bond donors (Lipinski definition) is 0. The number of esters is 1. The van der Waals surface area contributed by atoms with E-state index >= 15 is 0 Å². The minimum atomic E-state index is -0.807. The highest BCUT2D eigenvalue weighted by Crippen LogP contribution is 2.27. The number of ether oxygens (including phenoxy) is 2. The van der Waals surface area contributed by atoms with Crippen molar-refractivity contribution < 1.29 is 19.1 Å². The van der Waals surface area contributed by atoms with Gasteiger partial charge in [-0.2, -0.15) is 5.26 Å². The van der Waals surface area contributed by atoms with Crippen LogP contribution in [0.2, 0.25) is 0 Å². The Balaban J connectivity index is 1.70. The van der Waals surface area contributed by atoms with Gasteiger partial charge in [-0.1, -0.05) is 18.2 Å². The molecule has 1 aromatic carbocycles. The molecule has 7 nitrogen and oxygen atoms in total. The molecule has 3 rings (SSSR count). The minimum Gasteiger partial charge on any atom is -0.451 e. The summed E-state index contributed by atoms with van der Waals surface area (Å²) in [4.78, 5) is 26.6. The monoisotopic (exact) mass is 421 g/mol. The number of carbonyl (C=O) groups excluding carboxylic acids is 2. The lowest BCUT2D eigenvalue weighted by molar-refractivity contribution is -0.143.